The van der Waals surface area contributed by atoms with Gasteiger partial charge in [-0.2, -0.15) is 0 Å². The molecular weight excluding hydrogens is 479 g/mol. The molecule has 186 valence electrons. The van der Waals surface area contributed by atoms with Crippen LogP contribution in [0.5, 0.6) is 0 Å². The number of alkyl halides is 3. The van der Waals surface area contributed by atoms with E-state index in [9.17, 15) is 23.1 Å². The molecule has 1 amide bonds. The number of hydrogen-bond acceptors (Lipinski definition) is 7. The van der Waals surface area contributed by atoms with Crippen molar-refractivity contribution >= 4 is 17.5 Å². The van der Waals surface area contributed by atoms with Crippen LogP contribution in [0.1, 0.15) is 56.7 Å². The first-order valence-corrected chi connectivity index (χ1v) is 11.2. The number of rotatable bonds is 10. The Labute approximate surface area is 198 Å². The maximum absolute atomic E-state index is 12.7. The van der Waals surface area contributed by atoms with Crippen LogP contribution in [0.3, 0.4) is 0 Å². The van der Waals surface area contributed by atoms with Crippen molar-refractivity contribution in [3.05, 3.63) is 47.4 Å². The first kappa shape index (κ1) is 24.7. The lowest BCUT2D eigenvalue weighted by Gasteiger charge is -2.68. The maximum Gasteiger partial charge on any atom is 0.522 e. The summed E-state index contributed by atoms with van der Waals surface area (Å²) >= 11 is 5.70. The molecule has 5 rings (SSSR count). The van der Waals surface area contributed by atoms with Crippen LogP contribution in [0.15, 0.2) is 40.0 Å². The predicted octanol–water partition coefficient (Wildman–Crippen LogP) is 3.73. The summed E-state index contributed by atoms with van der Waals surface area (Å²) < 4.78 is 52.2. The van der Waals surface area contributed by atoms with Gasteiger partial charge in [-0.3, -0.25) is 9.53 Å². The normalized spacial score (nSPS) is 31.3. The Hall–Kier alpha value is -2.37. The molecule has 8 nitrogen and oxygen atoms in total. The number of aromatic nitrogens is 2. The average molecular weight is 504 g/mol. The monoisotopic (exact) mass is 503 g/mol. The molecule has 34 heavy (non-hydrogen) atoms. The second-order valence-corrected chi connectivity index (χ2v) is 9.63. The summed E-state index contributed by atoms with van der Waals surface area (Å²) in [6.07, 6.45) is 0.217. The molecular formula is C22H25ClF3N3O5. The van der Waals surface area contributed by atoms with E-state index in [0.29, 0.717) is 41.8 Å². The fraction of sp³-hybridized carbons (Fsp3) is 0.591. The molecule has 1 aromatic heterocycles. The Balaban J connectivity index is 1.27. The van der Waals surface area contributed by atoms with Crippen LogP contribution in [0.25, 0.3) is 0 Å². The summed E-state index contributed by atoms with van der Waals surface area (Å²) in [5, 5.41) is 21.0. The summed E-state index contributed by atoms with van der Waals surface area (Å²) in [5.41, 5.74) is -0.765. The van der Waals surface area contributed by atoms with Gasteiger partial charge in [-0.25, -0.2) is 0 Å². The Morgan fingerprint density at radius 2 is 2.03 bits per heavy atom. The largest absolute Gasteiger partial charge is 0.522 e. The van der Waals surface area contributed by atoms with Crippen molar-refractivity contribution in [1.82, 2.24) is 15.5 Å². The van der Waals surface area contributed by atoms with Crippen molar-refractivity contribution in [3.8, 4) is 0 Å². The van der Waals surface area contributed by atoms with E-state index in [4.69, 9.17) is 20.8 Å². The van der Waals surface area contributed by atoms with Crippen molar-refractivity contribution in [3.63, 3.8) is 0 Å². The Morgan fingerprint density at radius 3 is 2.59 bits per heavy atom. The summed E-state index contributed by atoms with van der Waals surface area (Å²) in [4.78, 5) is 12.7. The van der Waals surface area contributed by atoms with Gasteiger partial charge in [0.1, 0.15) is 5.76 Å². The molecule has 0 radical (unpaired) electrons. The van der Waals surface area contributed by atoms with Crippen LogP contribution in [0.2, 0.25) is 0 Å². The lowest BCUT2D eigenvalue weighted by Crippen LogP contribution is -2.77. The van der Waals surface area contributed by atoms with E-state index in [2.05, 4.69) is 26.8 Å². The second-order valence-electron chi connectivity index (χ2n) is 9.14. The van der Waals surface area contributed by atoms with Gasteiger partial charge >= 0.3 is 6.36 Å². The van der Waals surface area contributed by atoms with Crippen LogP contribution in [-0.4, -0.2) is 51.9 Å². The second kappa shape index (κ2) is 9.01. The van der Waals surface area contributed by atoms with E-state index >= 15 is 0 Å². The first-order valence-electron chi connectivity index (χ1n) is 10.8. The number of aliphatic hydroxyl groups excluding tert-OH is 1. The standard InChI is InChI=1S/C22H25ClF3N3O5/c1-3-14(5-4-12(2)23)32-16(8-30)17(31)27-21-9-20(10-21,11-21)19-29-28-18(33-19)13-6-15(7-13)34-22(24,25)26/h3-5,13,15-16,30H,2,6-11H2,1H3,(H,27,31)/b5-4-,14-3+/t13?,15?,16-,20?,21?/m0/s1. The van der Waals surface area contributed by atoms with Gasteiger partial charge in [0.15, 0.2) is 6.10 Å². The number of carbonyl (C=O) groups is 1. The van der Waals surface area contributed by atoms with E-state index in [1.807, 2.05) is 0 Å². The van der Waals surface area contributed by atoms with Crippen LogP contribution in [0.4, 0.5) is 13.2 Å². The number of carbonyl (C=O) groups excluding carboxylic acids is 1. The quantitative estimate of drug-likeness (QED) is 0.370. The van der Waals surface area contributed by atoms with Crippen LogP contribution in [0, 0.1) is 0 Å². The molecule has 4 aliphatic carbocycles. The molecule has 1 aromatic rings. The highest BCUT2D eigenvalue weighted by atomic mass is 35.5. The molecule has 1 atom stereocenters. The molecule has 2 N–H and O–H groups in total. The third kappa shape index (κ3) is 5.01. The Bertz CT molecular complexity index is 996. The third-order valence-corrected chi connectivity index (χ3v) is 6.63. The minimum Gasteiger partial charge on any atom is -0.479 e. The van der Waals surface area contributed by atoms with Crippen molar-refractivity contribution in [2.45, 2.75) is 74.5 Å². The summed E-state index contributed by atoms with van der Waals surface area (Å²) in [6.45, 7) is 4.75. The molecule has 0 unspecified atom stereocenters. The molecule has 0 spiro atoms. The Kier molecular flexibility index (Phi) is 6.56. The minimum absolute atomic E-state index is 0.180. The highest BCUT2D eigenvalue weighted by Gasteiger charge is 2.72. The van der Waals surface area contributed by atoms with Crippen LogP contribution < -0.4 is 5.32 Å². The number of amides is 1. The number of halogens is 4. The van der Waals surface area contributed by atoms with Gasteiger partial charge in [0.2, 0.25) is 11.8 Å². The number of nitrogens with one attached hydrogen (secondary N) is 1. The number of hydrogen-bond donors (Lipinski definition) is 2. The van der Waals surface area contributed by atoms with Gasteiger partial charge in [0, 0.05) is 16.5 Å². The van der Waals surface area contributed by atoms with Gasteiger partial charge in [0.25, 0.3) is 5.91 Å². The molecule has 2 bridgehead atoms. The highest BCUT2D eigenvalue weighted by Crippen LogP contribution is 2.67. The molecule has 12 heteroatoms. The fourth-order valence-corrected chi connectivity index (χ4v) is 4.93. The summed E-state index contributed by atoms with van der Waals surface area (Å²) in [5.74, 6) is 0.437. The molecule has 0 aliphatic heterocycles. The summed E-state index contributed by atoms with van der Waals surface area (Å²) in [7, 11) is 0. The van der Waals surface area contributed by atoms with Gasteiger partial charge in [-0.1, -0.05) is 18.2 Å². The van der Waals surface area contributed by atoms with Gasteiger partial charge < -0.3 is 19.6 Å². The van der Waals surface area contributed by atoms with Crippen LogP contribution in [-0.2, 0) is 19.7 Å². The van der Waals surface area contributed by atoms with Gasteiger partial charge in [-0.15, -0.1) is 23.4 Å². The fourth-order valence-electron chi connectivity index (χ4n) is 4.87. The van der Waals surface area contributed by atoms with Crippen LogP contribution >= 0.6 is 11.6 Å². The smallest absolute Gasteiger partial charge is 0.479 e. The highest BCUT2D eigenvalue weighted by molar-refractivity contribution is 6.30. The average Bonchev–Trinajstić information content (AvgIpc) is 3.14. The molecule has 0 saturated heterocycles. The van der Waals surface area contributed by atoms with E-state index in [1.165, 1.54) is 6.08 Å². The molecule has 4 saturated carbocycles. The van der Waals surface area contributed by atoms with E-state index in [0.717, 1.165) is 0 Å². The third-order valence-electron chi connectivity index (χ3n) is 6.51. The number of nitrogens with zero attached hydrogens (tertiary/aromatic N) is 2. The van der Waals surface area contributed by atoms with Crippen molar-refractivity contribution < 1.29 is 37.0 Å². The van der Waals surface area contributed by atoms with E-state index in [-0.39, 0.29) is 24.2 Å². The van der Waals surface area contributed by atoms with Crippen molar-refractivity contribution in [2.75, 3.05) is 6.61 Å². The molecule has 0 aromatic carbocycles. The van der Waals surface area contributed by atoms with Crippen molar-refractivity contribution in [1.29, 1.82) is 0 Å². The van der Waals surface area contributed by atoms with Gasteiger partial charge in [-0.05, 0) is 57.3 Å². The number of aliphatic hydroxyl groups is 1. The van der Waals surface area contributed by atoms with E-state index < -0.39 is 36.6 Å². The zero-order chi connectivity index (χ0) is 24.7. The topological polar surface area (TPSA) is 107 Å². The minimum atomic E-state index is -4.65. The lowest BCUT2D eigenvalue weighted by atomic mass is 9.39. The number of ether oxygens (including phenoxy) is 2. The SMILES string of the molecule is C=C(Cl)/C=C\C(=C/C)O[C@@H](CO)C(=O)NC12CC(c3nnc(C4CC(OC(F)(F)F)C4)o3)(C1)C2. The first-order chi connectivity index (χ1) is 16.0. The van der Waals surface area contributed by atoms with Crippen molar-refractivity contribution in [2.24, 2.45) is 0 Å². The van der Waals surface area contributed by atoms with Gasteiger partial charge in [0.05, 0.1) is 18.1 Å². The molecule has 4 aliphatic rings. The predicted molar refractivity (Wildman–Crippen MR) is 113 cm³/mol. The molecule has 4 fully saturated rings. The lowest BCUT2D eigenvalue weighted by molar-refractivity contribution is -0.352. The zero-order valence-corrected chi connectivity index (χ0v) is 19.2. The maximum atomic E-state index is 12.7. The Morgan fingerprint density at radius 1 is 1.35 bits per heavy atom. The number of allylic oxidation sites excluding steroid dienone is 4. The van der Waals surface area contributed by atoms with E-state index in [1.54, 1.807) is 19.1 Å². The molecule has 1 heterocycles. The zero-order valence-electron chi connectivity index (χ0n) is 18.4. The summed E-state index contributed by atoms with van der Waals surface area (Å²) in [6, 6.07) is 0.